The number of benzene rings is 1. The summed E-state index contributed by atoms with van der Waals surface area (Å²) in [6.45, 7) is 1.97. The first-order valence-electron chi connectivity index (χ1n) is 6.22. The molecule has 2 aromatic rings. The first-order chi connectivity index (χ1) is 8.83. The molecule has 2 heterocycles. The van der Waals surface area contributed by atoms with Gasteiger partial charge >= 0.3 is 0 Å². The van der Waals surface area contributed by atoms with Gasteiger partial charge in [0.2, 0.25) is 0 Å². The Morgan fingerprint density at radius 1 is 1.21 bits per heavy atom. The van der Waals surface area contributed by atoms with E-state index in [0.717, 1.165) is 31.7 Å². The molecule has 4 nitrogen and oxygen atoms in total. The van der Waals surface area contributed by atoms with Crippen LogP contribution in [0.25, 0.3) is 11.0 Å². The van der Waals surface area contributed by atoms with Gasteiger partial charge in [0.25, 0.3) is 0 Å². The van der Waals surface area contributed by atoms with E-state index in [-0.39, 0.29) is 23.9 Å². The average Bonchev–Trinajstić information content (AvgIpc) is 2.41. The SMILES string of the molecule is Cl.O=c1ccoc2ccc(OC3CCNCC3)cc12. The summed E-state index contributed by atoms with van der Waals surface area (Å²) in [7, 11) is 0. The normalized spacial score (nSPS) is 16.0. The van der Waals surface area contributed by atoms with E-state index in [2.05, 4.69) is 5.32 Å². The van der Waals surface area contributed by atoms with Crippen molar-refractivity contribution in [2.75, 3.05) is 13.1 Å². The maximum Gasteiger partial charge on any atom is 0.192 e. The Hall–Kier alpha value is -1.52. The number of hydrogen-bond acceptors (Lipinski definition) is 4. The maximum atomic E-state index is 11.7. The Bertz CT molecular complexity index is 605. The van der Waals surface area contributed by atoms with Crippen molar-refractivity contribution in [2.24, 2.45) is 0 Å². The van der Waals surface area contributed by atoms with Gasteiger partial charge in [-0.3, -0.25) is 4.79 Å². The minimum atomic E-state index is -0.0352. The summed E-state index contributed by atoms with van der Waals surface area (Å²) in [6.07, 6.45) is 3.65. The van der Waals surface area contributed by atoms with E-state index in [1.54, 1.807) is 12.1 Å². The van der Waals surface area contributed by atoms with Crippen molar-refractivity contribution in [3.63, 3.8) is 0 Å². The topological polar surface area (TPSA) is 51.5 Å². The molecule has 102 valence electrons. The number of nitrogens with one attached hydrogen (secondary N) is 1. The zero-order valence-electron chi connectivity index (χ0n) is 10.4. The molecule has 3 rings (SSSR count). The van der Waals surface area contributed by atoms with Gasteiger partial charge in [-0.05, 0) is 44.1 Å². The minimum Gasteiger partial charge on any atom is -0.490 e. The smallest absolute Gasteiger partial charge is 0.192 e. The number of fused-ring (bicyclic) bond motifs is 1. The number of hydrogen-bond donors (Lipinski definition) is 1. The van der Waals surface area contributed by atoms with Crippen LogP contribution in [0.2, 0.25) is 0 Å². The van der Waals surface area contributed by atoms with Gasteiger partial charge in [0, 0.05) is 6.07 Å². The van der Waals surface area contributed by atoms with Crippen LogP contribution < -0.4 is 15.5 Å². The van der Waals surface area contributed by atoms with Crippen molar-refractivity contribution >= 4 is 23.4 Å². The molecule has 0 spiro atoms. The second-order valence-corrected chi connectivity index (χ2v) is 4.51. The first kappa shape index (κ1) is 13.9. The van der Waals surface area contributed by atoms with Gasteiger partial charge < -0.3 is 14.5 Å². The molecule has 1 fully saturated rings. The molecule has 0 saturated carbocycles. The van der Waals surface area contributed by atoms with Crippen LogP contribution in [0.1, 0.15) is 12.8 Å². The third kappa shape index (κ3) is 3.08. The Morgan fingerprint density at radius 3 is 2.79 bits per heavy atom. The van der Waals surface area contributed by atoms with E-state index in [1.165, 1.54) is 12.3 Å². The van der Waals surface area contributed by atoms with Gasteiger partial charge in [-0.2, -0.15) is 0 Å². The van der Waals surface area contributed by atoms with Crippen molar-refractivity contribution < 1.29 is 9.15 Å². The Morgan fingerprint density at radius 2 is 2.00 bits per heavy atom. The second kappa shape index (κ2) is 6.08. The van der Waals surface area contributed by atoms with E-state index in [0.29, 0.717) is 11.0 Å². The molecule has 5 heteroatoms. The van der Waals surface area contributed by atoms with Crippen LogP contribution >= 0.6 is 12.4 Å². The highest BCUT2D eigenvalue weighted by atomic mass is 35.5. The summed E-state index contributed by atoms with van der Waals surface area (Å²) in [6, 6.07) is 6.83. The van der Waals surface area contributed by atoms with Crippen LogP contribution in [0, 0.1) is 0 Å². The number of halogens is 1. The highest BCUT2D eigenvalue weighted by Gasteiger charge is 2.14. The van der Waals surface area contributed by atoms with Crippen LogP contribution in [0.4, 0.5) is 0 Å². The van der Waals surface area contributed by atoms with Crippen molar-refractivity contribution in [3.8, 4) is 5.75 Å². The van der Waals surface area contributed by atoms with Gasteiger partial charge in [0.15, 0.2) is 5.43 Å². The first-order valence-corrected chi connectivity index (χ1v) is 6.22. The van der Waals surface area contributed by atoms with E-state index in [1.807, 2.05) is 6.07 Å². The summed E-state index contributed by atoms with van der Waals surface area (Å²) in [5.74, 6) is 0.743. The van der Waals surface area contributed by atoms with Crippen molar-refractivity contribution in [1.29, 1.82) is 0 Å². The maximum absolute atomic E-state index is 11.7. The molecule has 0 bridgehead atoms. The third-order valence-corrected chi connectivity index (χ3v) is 3.22. The molecule has 0 unspecified atom stereocenters. The van der Waals surface area contributed by atoms with Crippen molar-refractivity contribution in [2.45, 2.75) is 18.9 Å². The number of piperidine rings is 1. The highest BCUT2D eigenvalue weighted by molar-refractivity contribution is 5.85. The van der Waals surface area contributed by atoms with Gasteiger partial charge in [-0.25, -0.2) is 0 Å². The molecule has 0 amide bonds. The Kier molecular flexibility index (Phi) is 4.45. The lowest BCUT2D eigenvalue weighted by Crippen LogP contribution is -2.34. The largest absolute Gasteiger partial charge is 0.490 e. The molecular weight excluding hydrogens is 266 g/mol. The molecular formula is C14H16ClNO3. The quantitative estimate of drug-likeness (QED) is 0.918. The van der Waals surface area contributed by atoms with Crippen molar-refractivity contribution in [1.82, 2.24) is 5.32 Å². The Balaban J connectivity index is 0.00000133. The molecule has 1 aliphatic heterocycles. The van der Waals surface area contributed by atoms with Crippen LogP contribution in [-0.2, 0) is 0 Å². The fourth-order valence-corrected chi connectivity index (χ4v) is 2.24. The fourth-order valence-electron chi connectivity index (χ4n) is 2.24. The average molecular weight is 282 g/mol. The molecule has 0 radical (unpaired) electrons. The molecule has 0 atom stereocenters. The van der Waals surface area contributed by atoms with Gasteiger partial charge in [-0.1, -0.05) is 0 Å². The van der Waals surface area contributed by atoms with Gasteiger partial charge in [0.1, 0.15) is 17.4 Å². The lowest BCUT2D eigenvalue weighted by molar-refractivity contribution is 0.162. The lowest BCUT2D eigenvalue weighted by atomic mass is 10.1. The summed E-state index contributed by atoms with van der Waals surface area (Å²) < 4.78 is 11.2. The third-order valence-electron chi connectivity index (χ3n) is 3.22. The summed E-state index contributed by atoms with van der Waals surface area (Å²) >= 11 is 0. The van der Waals surface area contributed by atoms with Gasteiger partial charge in [-0.15, -0.1) is 12.4 Å². The number of rotatable bonds is 2. The van der Waals surface area contributed by atoms with Gasteiger partial charge in [0.05, 0.1) is 11.6 Å². The van der Waals surface area contributed by atoms with Crippen LogP contribution in [0.15, 0.2) is 39.7 Å². The van der Waals surface area contributed by atoms with E-state index in [4.69, 9.17) is 9.15 Å². The monoisotopic (exact) mass is 281 g/mol. The molecule has 0 aliphatic carbocycles. The second-order valence-electron chi connectivity index (χ2n) is 4.51. The zero-order valence-corrected chi connectivity index (χ0v) is 11.2. The highest BCUT2D eigenvalue weighted by Crippen LogP contribution is 2.21. The lowest BCUT2D eigenvalue weighted by Gasteiger charge is -2.23. The summed E-state index contributed by atoms with van der Waals surface area (Å²) in [5.41, 5.74) is 0.562. The zero-order chi connectivity index (χ0) is 12.4. The number of ether oxygens (including phenoxy) is 1. The minimum absolute atomic E-state index is 0. The molecule has 1 aliphatic rings. The summed E-state index contributed by atoms with van der Waals surface area (Å²) in [4.78, 5) is 11.7. The van der Waals surface area contributed by atoms with Crippen LogP contribution in [0.5, 0.6) is 5.75 Å². The predicted octanol–water partition coefficient (Wildman–Crippen LogP) is 2.35. The van der Waals surface area contributed by atoms with E-state index >= 15 is 0 Å². The van der Waals surface area contributed by atoms with Crippen LogP contribution in [0.3, 0.4) is 0 Å². The Labute approximate surface area is 117 Å². The van der Waals surface area contributed by atoms with E-state index < -0.39 is 0 Å². The standard InChI is InChI=1S/C14H15NO3.ClH/c16-13-5-8-17-14-2-1-11(9-12(13)14)18-10-3-6-15-7-4-10;/h1-2,5,8-10,15H,3-4,6-7H2;1H. The van der Waals surface area contributed by atoms with Crippen molar-refractivity contribution in [3.05, 3.63) is 40.8 Å². The molecule has 1 aromatic carbocycles. The van der Waals surface area contributed by atoms with E-state index in [9.17, 15) is 4.79 Å². The molecule has 19 heavy (non-hydrogen) atoms. The fraction of sp³-hybridized carbons (Fsp3) is 0.357. The summed E-state index contributed by atoms with van der Waals surface area (Å²) in [5, 5.41) is 3.87. The molecule has 1 N–H and O–H groups in total. The molecule has 1 saturated heterocycles. The molecule has 1 aromatic heterocycles. The van der Waals surface area contributed by atoms with Crippen LogP contribution in [-0.4, -0.2) is 19.2 Å². The predicted molar refractivity (Wildman–Crippen MR) is 76.3 cm³/mol.